The summed E-state index contributed by atoms with van der Waals surface area (Å²) in [7, 11) is 0. The van der Waals surface area contributed by atoms with Crippen LogP contribution in [0.3, 0.4) is 0 Å². The first kappa shape index (κ1) is 13.4. The summed E-state index contributed by atoms with van der Waals surface area (Å²) in [5.41, 5.74) is 0.402. The number of anilines is 1. The number of aromatic nitrogens is 3. The third kappa shape index (κ3) is 3.72. The zero-order valence-corrected chi connectivity index (χ0v) is 10.3. The number of hydrogen-bond donors (Lipinski definition) is 3. The van der Waals surface area contributed by atoms with E-state index >= 15 is 0 Å². The molecule has 2 aromatic rings. The molecule has 0 aliphatic heterocycles. The normalized spacial score (nSPS) is 14.1. The minimum Gasteiger partial charge on any atom is -0.391 e. The van der Waals surface area contributed by atoms with Crippen LogP contribution < -0.4 is 5.32 Å². The molecule has 0 aliphatic rings. The topological polar surface area (TPSA) is 73.8 Å². The van der Waals surface area contributed by atoms with Gasteiger partial charge in [-0.25, -0.2) is 8.78 Å². The van der Waals surface area contributed by atoms with E-state index in [1.807, 2.05) is 0 Å². The number of aromatic amines is 1. The zero-order valence-electron chi connectivity index (χ0n) is 10.3. The van der Waals surface area contributed by atoms with Crippen molar-refractivity contribution in [2.75, 3.05) is 5.32 Å². The molecule has 19 heavy (non-hydrogen) atoms. The summed E-state index contributed by atoms with van der Waals surface area (Å²) >= 11 is 0. The number of H-pyrrole nitrogens is 1. The predicted molar refractivity (Wildman–Crippen MR) is 65.5 cm³/mol. The Morgan fingerprint density at radius 3 is 2.58 bits per heavy atom. The standard InChI is InChI=1S/C12H14F2N4O/c1-7(16-12-6-15-18-17-12)11(19)4-8-2-9(13)5-10(14)3-8/h2-3,5-7,11,19H,4H2,1H3,(H2,15,16,17,18). The largest absolute Gasteiger partial charge is 0.391 e. The van der Waals surface area contributed by atoms with Gasteiger partial charge in [-0.15, -0.1) is 5.10 Å². The van der Waals surface area contributed by atoms with Gasteiger partial charge in [-0.3, -0.25) is 0 Å². The van der Waals surface area contributed by atoms with Gasteiger partial charge in [0.25, 0.3) is 0 Å². The van der Waals surface area contributed by atoms with Crippen LogP contribution in [0.25, 0.3) is 0 Å². The molecule has 0 saturated carbocycles. The third-order valence-corrected chi connectivity index (χ3v) is 2.73. The van der Waals surface area contributed by atoms with E-state index in [-0.39, 0.29) is 12.5 Å². The fraction of sp³-hybridized carbons (Fsp3) is 0.333. The first-order valence-electron chi connectivity index (χ1n) is 5.80. The lowest BCUT2D eigenvalue weighted by atomic mass is 10.0. The molecule has 0 aliphatic carbocycles. The summed E-state index contributed by atoms with van der Waals surface area (Å²) in [4.78, 5) is 0. The molecule has 0 spiro atoms. The van der Waals surface area contributed by atoms with Crippen molar-refractivity contribution in [3.05, 3.63) is 41.6 Å². The molecule has 0 radical (unpaired) electrons. The average molecular weight is 268 g/mol. The van der Waals surface area contributed by atoms with Gasteiger partial charge in [-0.1, -0.05) is 0 Å². The van der Waals surface area contributed by atoms with Gasteiger partial charge in [-0.05, 0) is 24.6 Å². The molecule has 5 nitrogen and oxygen atoms in total. The summed E-state index contributed by atoms with van der Waals surface area (Å²) in [6, 6.07) is 2.87. The minimum atomic E-state index is -0.808. The first-order valence-corrected chi connectivity index (χ1v) is 5.80. The van der Waals surface area contributed by atoms with Crippen molar-refractivity contribution in [1.29, 1.82) is 0 Å². The van der Waals surface area contributed by atoms with Crippen molar-refractivity contribution >= 4 is 5.82 Å². The van der Waals surface area contributed by atoms with Gasteiger partial charge < -0.3 is 10.4 Å². The van der Waals surface area contributed by atoms with Gasteiger partial charge in [0, 0.05) is 12.5 Å². The SMILES string of the molecule is CC(Nc1cn[nH]n1)C(O)Cc1cc(F)cc(F)c1. The number of aliphatic hydroxyl groups is 1. The lowest BCUT2D eigenvalue weighted by Crippen LogP contribution is -2.32. The summed E-state index contributed by atoms with van der Waals surface area (Å²) in [6.45, 7) is 1.75. The number of hydrogen-bond acceptors (Lipinski definition) is 4. The Morgan fingerprint density at radius 1 is 1.32 bits per heavy atom. The number of benzene rings is 1. The lowest BCUT2D eigenvalue weighted by molar-refractivity contribution is 0.158. The van der Waals surface area contributed by atoms with E-state index in [9.17, 15) is 13.9 Å². The van der Waals surface area contributed by atoms with Crippen LogP contribution in [0.5, 0.6) is 0 Å². The van der Waals surface area contributed by atoms with Gasteiger partial charge in [0.05, 0.1) is 18.3 Å². The lowest BCUT2D eigenvalue weighted by Gasteiger charge is -2.19. The van der Waals surface area contributed by atoms with Gasteiger partial charge in [0.15, 0.2) is 5.82 Å². The molecule has 7 heteroatoms. The molecule has 2 unspecified atom stereocenters. The fourth-order valence-corrected chi connectivity index (χ4v) is 1.75. The smallest absolute Gasteiger partial charge is 0.168 e. The molecule has 0 fully saturated rings. The second-order valence-corrected chi connectivity index (χ2v) is 4.34. The molecular formula is C12H14F2N4O. The molecule has 2 atom stereocenters. The Hall–Kier alpha value is -2.02. The Bertz CT molecular complexity index is 512. The average Bonchev–Trinajstić information content (AvgIpc) is 2.80. The van der Waals surface area contributed by atoms with Crippen molar-refractivity contribution in [3.8, 4) is 0 Å². The Kier molecular flexibility index (Phi) is 4.06. The summed E-state index contributed by atoms with van der Waals surface area (Å²) in [6.07, 6.45) is 0.809. The van der Waals surface area contributed by atoms with Crippen molar-refractivity contribution in [2.45, 2.75) is 25.5 Å². The number of nitrogens with zero attached hydrogens (tertiary/aromatic N) is 2. The van der Waals surface area contributed by atoms with E-state index in [0.717, 1.165) is 6.07 Å². The van der Waals surface area contributed by atoms with Crippen LogP contribution >= 0.6 is 0 Å². The number of halogens is 2. The van der Waals surface area contributed by atoms with Gasteiger partial charge in [-0.2, -0.15) is 10.3 Å². The predicted octanol–water partition coefficient (Wildman–Crippen LogP) is 1.49. The van der Waals surface area contributed by atoms with Crippen LogP contribution in [0.4, 0.5) is 14.6 Å². The second kappa shape index (κ2) is 5.75. The quantitative estimate of drug-likeness (QED) is 0.768. The summed E-state index contributed by atoms with van der Waals surface area (Å²) in [5, 5.41) is 22.8. The van der Waals surface area contributed by atoms with E-state index in [2.05, 4.69) is 20.7 Å². The van der Waals surface area contributed by atoms with Crippen LogP contribution in [-0.2, 0) is 6.42 Å². The maximum Gasteiger partial charge on any atom is 0.168 e. The molecule has 0 saturated heterocycles. The molecule has 1 aromatic carbocycles. The van der Waals surface area contributed by atoms with Crippen LogP contribution in [0.2, 0.25) is 0 Å². The Labute approximate surface area is 108 Å². The minimum absolute atomic E-state index is 0.140. The molecule has 3 N–H and O–H groups in total. The number of aliphatic hydroxyl groups excluding tert-OH is 1. The third-order valence-electron chi connectivity index (χ3n) is 2.73. The molecule has 102 valence electrons. The Morgan fingerprint density at radius 2 is 2.00 bits per heavy atom. The highest BCUT2D eigenvalue weighted by molar-refractivity contribution is 5.30. The van der Waals surface area contributed by atoms with Crippen molar-refractivity contribution in [2.24, 2.45) is 0 Å². The molecule has 0 amide bonds. The van der Waals surface area contributed by atoms with Gasteiger partial charge in [0.1, 0.15) is 11.6 Å². The van der Waals surface area contributed by atoms with Gasteiger partial charge in [0.2, 0.25) is 0 Å². The fourth-order valence-electron chi connectivity index (χ4n) is 1.75. The van der Waals surface area contributed by atoms with E-state index < -0.39 is 17.7 Å². The van der Waals surface area contributed by atoms with Crippen LogP contribution in [-0.4, -0.2) is 32.7 Å². The first-order chi connectivity index (χ1) is 9.04. The number of rotatable bonds is 5. The maximum absolute atomic E-state index is 13.0. The zero-order chi connectivity index (χ0) is 13.8. The van der Waals surface area contributed by atoms with Crippen molar-refractivity contribution < 1.29 is 13.9 Å². The summed E-state index contributed by atoms with van der Waals surface area (Å²) < 4.78 is 26.1. The van der Waals surface area contributed by atoms with E-state index in [4.69, 9.17) is 0 Å². The molecular weight excluding hydrogens is 254 g/mol. The van der Waals surface area contributed by atoms with Crippen molar-refractivity contribution in [3.63, 3.8) is 0 Å². The second-order valence-electron chi connectivity index (χ2n) is 4.34. The molecule has 1 heterocycles. The van der Waals surface area contributed by atoms with Crippen LogP contribution in [0.15, 0.2) is 24.4 Å². The highest BCUT2D eigenvalue weighted by atomic mass is 19.1. The highest BCUT2D eigenvalue weighted by Crippen LogP contribution is 2.13. The van der Waals surface area contributed by atoms with E-state index in [0.29, 0.717) is 11.4 Å². The van der Waals surface area contributed by atoms with E-state index in [1.165, 1.54) is 18.3 Å². The monoisotopic (exact) mass is 268 g/mol. The van der Waals surface area contributed by atoms with Gasteiger partial charge >= 0.3 is 0 Å². The molecule has 2 rings (SSSR count). The number of nitrogens with one attached hydrogen (secondary N) is 2. The summed E-state index contributed by atoms with van der Waals surface area (Å²) in [5.74, 6) is -0.810. The maximum atomic E-state index is 13.0. The van der Waals surface area contributed by atoms with Crippen molar-refractivity contribution in [1.82, 2.24) is 15.4 Å². The van der Waals surface area contributed by atoms with E-state index in [1.54, 1.807) is 6.92 Å². The molecule has 1 aromatic heterocycles. The Balaban J connectivity index is 1.97. The van der Waals surface area contributed by atoms with Crippen LogP contribution in [0.1, 0.15) is 12.5 Å². The van der Waals surface area contributed by atoms with Crippen LogP contribution in [0, 0.1) is 11.6 Å². The molecule has 0 bridgehead atoms. The highest BCUT2D eigenvalue weighted by Gasteiger charge is 2.16.